The van der Waals surface area contributed by atoms with Gasteiger partial charge in [0.1, 0.15) is 6.29 Å². The van der Waals surface area contributed by atoms with Gasteiger partial charge in [-0.05, 0) is 17.7 Å². The van der Waals surface area contributed by atoms with Crippen molar-refractivity contribution in [2.24, 2.45) is 0 Å². The number of nitro groups is 1. The summed E-state index contributed by atoms with van der Waals surface area (Å²) < 4.78 is 0. The maximum atomic E-state index is 10.5. The molecular weight excluding hydrogens is 214 g/mol. The highest BCUT2D eigenvalue weighted by Gasteiger charge is 2.08. The predicted octanol–water partition coefficient (Wildman–Crippen LogP) is 1.51. The van der Waals surface area contributed by atoms with E-state index in [4.69, 9.17) is 5.11 Å². The van der Waals surface area contributed by atoms with E-state index in [1.165, 1.54) is 18.2 Å². The summed E-state index contributed by atoms with van der Waals surface area (Å²) in [5, 5.41) is 18.9. The lowest BCUT2D eigenvalue weighted by molar-refractivity contribution is -0.384. The monoisotopic (exact) mass is 221 g/mol. The Hall–Kier alpha value is -2.50. The molecule has 0 unspecified atom stereocenters. The normalized spacial score (nSPS) is 10.2. The zero-order chi connectivity index (χ0) is 12.1. The Morgan fingerprint density at radius 3 is 2.44 bits per heavy atom. The van der Waals surface area contributed by atoms with E-state index in [1.807, 2.05) is 0 Å². The number of nitrogens with zero attached hydrogens (tertiary/aromatic N) is 1. The highest BCUT2D eigenvalue weighted by atomic mass is 16.6. The molecule has 0 radical (unpaired) electrons. The van der Waals surface area contributed by atoms with Crippen LogP contribution in [0.2, 0.25) is 0 Å². The predicted molar refractivity (Wildman–Crippen MR) is 55.2 cm³/mol. The van der Waals surface area contributed by atoms with Gasteiger partial charge in [-0.25, -0.2) is 4.79 Å². The molecule has 0 bridgehead atoms. The molecule has 0 aromatic heterocycles. The van der Waals surface area contributed by atoms with Crippen LogP contribution in [0.15, 0.2) is 24.3 Å². The van der Waals surface area contributed by atoms with Crippen molar-refractivity contribution in [3.63, 3.8) is 0 Å². The van der Waals surface area contributed by atoms with Gasteiger partial charge in [0.15, 0.2) is 0 Å². The number of hydrogen-bond donors (Lipinski definition) is 1. The molecule has 6 nitrogen and oxygen atoms in total. The lowest BCUT2D eigenvalue weighted by Crippen LogP contribution is -1.92. The van der Waals surface area contributed by atoms with Gasteiger partial charge in [-0.15, -0.1) is 0 Å². The van der Waals surface area contributed by atoms with Crippen LogP contribution in [0.1, 0.15) is 15.9 Å². The minimum Gasteiger partial charge on any atom is -0.478 e. The third-order valence-electron chi connectivity index (χ3n) is 1.73. The molecule has 0 fully saturated rings. The van der Waals surface area contributed by atoms with Gasteiger partial charge in [0, 0.05) is 23.8 Å². The Morgan fingerprint density at radius 1 is 1.31 bits per heavy atom. The van der Waals surface area contributed by atoms with Gasteiger partial charge in [-0.3, -0.25) is 14.9 Å². The molecule has 0 aliphatic rings. The van der Waals surface area contributed by atoms with E-state index in [9.17, 15) is 19.7 Å². The van der Waals surface area contributed by atoms with E-state index in [1.54, 1.807) is 0 Å². The summed E-state index contributed by atoms with van der Waals surface area (Å²) in [5.74, 6) is -1.17. The van der Waals surface area contributed by atoms with Gasteiger partial charge in [0.25, 0.3) is 5.69 Å². The molecule has 0 heterocycles. The van der Waals surface area contributed by atoms with Crippen molar-refractivity contribution >= 4 is 24.0 Å². The van der Waals surface area contributed by atoms with Crippen LogP contribution in [-0.4, -0.2) is 22.3 Å². The van der Waals surface area contributed by atoms with Crippen molar-refractivity contribution in [2.45, 2.75) is 0 Å². The minimum absolute atomic E-state index is 0.124. The van der Waals surface area contributed by atoms with E-state index in [2.05, 4.69) is 0 Å². The molecule has 16 heavy (non-hydrogen) atoms. The summed E-state index contributed by atoms with van der Waals surface area (Å²) in [7, 11) is 0. The zero-order valence-corrected chi connectivity index (χ0v) is 7.99. The number of carboxylic acid groups (broad SMARTS) is 1. The fourth-order valence-corrected chi connectivity index (χ4v) is 1.10. The van der Waals surface area contributed by atoms with Gasteiger partial charge < -0.3 is 5.11 Å². The summed E-state index contributed by atoms with van der Waals surface area (Å²) in [5.41, 5.74) is 0.160. The number of carboxylic acids is 1. The number of hydrogen-bond acceptors (Lipinski definition) is 4. The second-order valence-corrected chi connectivity index (χ2v) is 2.90. The molecule has 6 heteroatoms. The van der Waals surface area contributed by atoms with Crippen molar-refractivity contribution in [3.05, 3.63) is 45.5 Å². The summed E-state index contributed by atoms with van der Waals surface area (Å²) >= 11 is 0. The number of aldehydes is 1. The Labute approximate surface area is 90.0 Å². The van der Waals surface area contributed by atoms with E-state index in [0.29, 0.717) is 11.8 Å². The topological polar surface area (TPSA) is 97.5 Å². The lowest BCUT2D eigenvalue weighted by Gasteiger charge is -1.96. The summed E-state index contributed by atoms with van der Waals surface area (Å²) in [6, 6.07) is 3.66. The molecule has 0 atom stereocenters. The van der Waals surface area contributed by atoms with Crippen LogP contribution in [-0.2, 0) is 4.79 Å². The van der Waals surface area contributed by atoms with Crippen molar-refractivity contribution in [3.8, 4) is 0 Å². The molecule has 0 saturated carbocycles. The van der Waals surface area contributed by atoms with Gasteiger partial charge in [-0.2, -0.15) is 0 Å². The molecule has 1 aromatic rings. The Bertz CT molecular complexity index is 478. The van der Waals surface area contributed by atoms with Crippen LogP contribution in [0.25, 0.3) is 6.08 Å². The molecule has 1 N–H and O–H groups in total. The number of rotatable bonds is 4. The molecule has 0 aliphatic heterocycles. The highest BCUT2D eigenvalue weighted by Crippen LogP contribution is 2.17. The third-order valence-corrected chi connectivity index (χ3v) is 1.73. The maximum absolute atomic E-state index is 10.5. The first-order valence-corrected chi connectivity index (χ1v) is 4.18. The fraction of sp³-hybridized carbons (Fsp3) is 0. The lowest BCUT2D eigenvalue weighted by atomic mass is 10.1. The van der Waals surface area contributed by atoms with E-state index in [0.717, 1.165) is 12.1 Å². The Morgan fingerprint density at radius 2 is 1.94 bits per heavy atom. The van der Waals surface area contributed by atoms with Crippen molar-refractivity contribution in [1.82, 2.24) is 0 Å². The number of non-ortho nitro benzene ring substituents is 1. The molecule has 1 rings (SSSR count). The highest BCUT2D eigenvalue weighted by molar-refractivity contribution is 5.86. The number of carbonyl (C=O) groups is 2. The smallest absolute Gasteiger partial charge is 0.328 e. The molecule has 0 spiro atoms. The van der Waals surface area contributed by atoms with Crippen LogP contribution in [0, 0.1) is 10.1 Å². The van der Waals surface area contributed by atoms with Gasteiger partial charge >= 0.3 is 5.97 Å². The van der Waals surface area contributed by atoms with Crippen molar-refractivity contribution < 1.29 is 19.6 Å². The van der Waals surface area contributed by atoms with Gasteiger partial charge in [-0.1, -0.05) is 0 Å². The SMILES string of the molecule is O=Cc1cc(C=CC(=O)O)cc([N+](=O)[O-])c1. The average Bonchev–Trinajstić information content (AvgIpc) is 2.25. The molecule has 1 aromatic carbocycles. The standard InChI is InChI=1S/C10H7NO5/c12-6-8-3-7(1-2-10(13)14)4-9(5-8)11(15)16/h1-6H,(H,13,14). The van der Waals surface area contributed by atoms with E-state index >= 15 is 0 Å². The minimum atomic E-state index is -1.17. The van der Waals surface area contributed by atoms with Crippen LogP contribution in [0.5, 0.6) is 0 Å². The molecule has 0 aliphatic carbocycles. The van der Waals surface area contributed by atoms with Crippen molar-refractivity contribution in [2.75, 3.05) is 0 Å². The first-order valence-electron chi connectivity index (χ1n) is 4.18. The molecule has 0 amide bonds. The van der Waals surface area contributed by atoms with E-state index in [-0.39, 0.29) is 11.3 Å². The van der Waals surface area contributed by atoms with Crippen LogP contribution in [0.4, 0.5) is 5.69 Å². The number of benzene rings is 1. The third kappa shape index (κ3) is 3.02. The largest absolute Gasteiger partial charge is 0.478 e. The Kier molecular flexibility index (Phi) is 3.49. The van der Waals surface area contributed by atoms with Gasteiger partial charge in [0.2, 0.25) is 0 Å². The van der Waals surface area contributed by atoms with Crippen molar-refractivity contribution in [1.29, 1.82) is 0 Å². The summed E-state index contributed by atoms with van der Waals surface area (Å²) in [6.45, 7) is 0. The van der Waals surface area contributed by atoms with Gasteiger partial charge in [0.05, 0.1) is 4.92 Å². The average molecular weight is 221 g/mol. The summed E-state index contributed by atoms with van der Waals surface area (Å²) in [4.78, 5) is 30.6. The Balaban J connectivity index is 3.18. The first-order chi connectivity index (χ1) is 7.52. The molecule has 0 saturated heterocycles. The first kappa shape index (κ1) is 11.6. The van der Waals surface area contributed by atoms with E-state index < -0.39 is 10.9 Å². The maximum Gasteiger partial charge on any atom is 0.328 e. The van der Waals surface area contributed by atoms with Crippen LogP contribution in [0.3, 0.4) is 0 Å². The second-order valence-electron chi connectivity index (χ2n) is 2.90. The number of aliphatic carboxylic acids is 1. The zero-order valence-electron chi connectivity index (χ0n) is 7.99. The molecule has 82 valence electrons. The molecular formula is C10H7NO5. The number of carbonyl (C=O) groups excluding carboxylic acids is 1. The fourth-order valence-electron chi connectivity index (χ4n) is 1.10. The number of nitro benzene ring substituents is 1. The van der Waals surface area contributed by atoms with Crippen LogP contribution < -0.4 is 0 Å². The second kappa shape index (κ2) is 4.83. The summed E-state index contributed by atoms with van der Waals surface area (Å²) in [6.07, 6.45) is 2.49. The quantitative estimate of drug-likeness (QED) is 0.359. The van der Waals surface area contributed by atoms with Crippen LogP contribution >= 0.6 is 0 Å².